The monoisotopic (exact) mass is 307 g/mol. The van der Waals surface area contributed by atoms with Crippen LogP contribution in [0.3, 0.4) is 0 Å². The van der Waals surface area contributed by atoms with Gasteiger partial charge >= 0.3 is 6.03 Å². The summed E-state index contributed by atoms with van der Waals surface area (Å²) in [6, 6.07) is 3.71. The Balaban J connectivity index is 1.87. The summed E-state index contributed by atoms with van der Waals surface area (Å²) >= 11 is 0. The topological polar surface area (TPSA) is 63.7 Å². The van der Waals surface area contributed by atoms with E-state index in [1.165, 1.54) is 0 Å². The van der Waals surface area contributed by atoms with Crippen molar-refractivity contribution in [2.24, 2.45) is 5.92 Å². The van der Waals surface area contributed by atoms with Crippen molar-refractivity contribution in [1.82, 2.24) is 15.2 Å². The molecule has 0 bridgehead atoms. The van der Waals surface area contributed by atoms with Crippen LogP contribution in [0, 0.1) is 5.92 Å². The van der Waals surface area contributed by atoms with Crippen molar-refractivity contribution >= 4 is 6.03 Å². The summed E-state index contributed by atoms with van der Waals surface area (Å²) < 4.78 is 10.8. The average molecular weight is 307 g/mol. The van der Waals surface area contributed by atoms with Crippen LogP contribution in [0.2, 0.25) is 0 Å². The number of rotatable bonds is 7. The molecule has 0 aliphatic carbocycles. The normalized spacial score (nSPS) is 17.3. The number of carbonyl (C=O) groups is 1. The summed E-state index contributed by atoms with van der Waals surface area (Å²) in [6.45, 7) is 7.87. The molecule has 0 aromatic carbocycles. The number of carbonyl (C=O) groups excluding carboxylic acids is 1. The molecule has 1 atom stereocenters. The van der Waals surface area contributed by atoms with Crippen LogP contribution in [-0.2, 0) is 11.3 Å². The summed E-state index contributed by atoms with van der Waals surface area (Å²) in [5.74, 6) is 1.03. The first-order valence-corrected chi connectivity index (χ1v) is 7.91. The van der Waals surface area contributed by atoms with E-state index in [2.05, 4.69) is 10.3 Å². The minimum atomic E-state index is -0.0549. The summed E-state index contributed by atoms with van der Waals surface area (Å²) in [6.07, 6.45) is 2.72. The predicted octanol–water partition coefficient (Wildman–Crippen LogP) is 2.05. The van der Waals surface area contributed by atoms with Crippen molar-refractivity contribution in [2.45, 2.75) is 26.8 Å². The molecule has 1 aliphatic heterocycles. The highest BCUT2D eigenvalue weighted by Gasteiger charge is 2.21. The molecule has 2 amide bonds. The number of ether oxygens (including phenoxy) is 2. The minimum Gasteiger partial charge on any atom is -0.478 e. The lowest BCUT2D eigenvalue weighted by atomic mass is 10.1. The first-order valence-electron chi connectivity index (χ1n) is 7.91. The van der Waals surface area contributed by atoms with Gasteiger partial charge in [-0.1, -0.05) is 6.07 Å². The molecule has 2 rings (SSSR count). The lowest BCUT2D eigenvalue weighted by molar-refractivity contribution is 0.166. The smallest absolute Gasteiger partial charge is 0.317 e. The second kappa shape index (κ2) is 8.58. The Morgan fingerprint density at radius 3 is 3.09 bits per heavy atom. The Kier molecular flexibility index (Phi) is 6.45. The maximum absolute atomic E-state index is 12.3. The molecular formula is C16H25N3O3. The molecule has 1 aromatic heterocycles. The van der Waals surface area contributed by atoms with Gasteiger partial charge in [-0.2, -0.15) is 0 Å². The summed E-state index contributed by atoms with van der Waals surface area (Å²) in [7, 11) is 0. The van der Waals surface area contributed by atoms with Gasteiger partial charge in [0.05, 0.1) is 13.2 Å². The maximum atomic E-state index is 12.3. The molecule has 0 radical (unpaired) electrons. The number of amides is 2. The number of aromatic nitrogens is 1. The molecule has 0 spiro atoms. The van der Waals surface area contributed by atoms with Gasteiger partial charge in [-0.05, 0) is 26.3 Å². The largest absolute Gasteiger partial charge is 0.478 e. The SMILES string of the molecule is CCOc1ncccc1CNC(=O)N(CC)CC1CCOC1. The first kappa shape index (κ1) is 16.5. The van der Waals surface area contributed by atoms with Crippen molar-refractivity contribution in [3.05, 3.63) is 23.9 Å². The lowest BCUT2D eigenvalue weighted by Crippen LogP contribution is -2.42. The van der Waals surface area contributed by atoms with Gasteiger partial charge < -0.3 is 19.7 Å². The number of nitrogens with one attached hydrogen (secondary N) is 1. The Morgan fingerprint density at radius 2 is 2.41 bits per heavy atom. The molecule has 6 nitrogen and oxygen atoms in total. The predicted molar refractivity (Wildman–Crippen MR) is 83.8 cm³/mol. The second-order valence-electron chi connectivity index (χ2n) is 5.33. The minimum absolute atomic E-state index is 0.0549. The van der Waals surface area contributed by atoms with Crippen LogP contribution in [-0.4, -0.2) is 48.8 Å². The molecule has 1 N–H and O–H groups in total. The van der Waals surface area contributed by atoms with Gasteiger partial charge in [0.2, 0.25) is 5.88 Å². The number of nitrogens with zero attached hydrogens (tertiary/aromatic N) is 2. The molecule has 1 fully saturated rings. The highest BCUT2D eigenvalue weighted by Crippen LogP contribution is 2.15. The van der Waals surface area contributed by atoms with Gasteiger partial charge in [-0.15, -0.1) is 0 Å². The quantitative estimate of drug-likeness (QED) is 0.837. The summed E-state index contributed by atoms with van der Waals surface area (Å²) in [5, 5.41) is 2.95. The summed E-state index contributed by atoms with van der Waals surface area (Å²) in [5.41, 5.74) is 0.887. The van der Waals surface area contributed by atoms with Crippen LogP contribution >= 0.6 is 0 Å². The second-order valence-corrected chi connectivity index (χ2v) is 5.33. The van der Waals surface area contributed by atoms with Gasteiger partial charge in [-0.25, -0.2) is 9.78 Å². The Bertz CT molecular complexity index is 475. The van der Waals surface area contributed by atoms with E-state index >= 15 is 0 Å². The molecule has 2 heterocycles. The zero-order valence-electron chi connectivity index (χ0n) is 13.4. The third-order valence-corrected chi connectivity index (χ3v) is 3.73. The number of urea groups is 1. The van der Waals surface area contributed by atoms with Crippen LogP contribution in [0.5, 0.6) is 5.88 Å². The number of pyridine rings is 1. The molecule has 22 heavy (non-hydrogen) atoms. The van der Waals surface area contributed by atoms with E-state index < -0.39 is 0 Å². The molecule has 1 unspecified atom stereocenters. The van der Waals surface area contributed by atoms with Crippen LogP contribution in [0.1, 0.15) is 25.8 Å². The molecular weight excluding hydrogens is 282 g/mol. The molecule has 122 valence electrons. The number of hydrogen-bond donors (Lipinski definition) is 1. The van der Waals surface area contributed by atoms with Gasteiger partial charge in [0, 0.05) is 43.9 Å². The van der Waals surface area contributed by atoms with Crippen molar-refractivity contribution in [3.8, 4) is 5.88 Å². The van der Waals surface area contributed by atoms with Gasteiger partial charge in [0.25, 0.3) is 0 Å². The van der Waals surface area contributed by atoms with E-state index in [9.17, 15) is 4.79 Å². The standard InChI is InChI=1S/C16H25N3O3/c1-3-19(11-13-7-9-21-12-13)16(20)18-10-14-6-5-8-17-15(14)22-4-2/h5-6,8,13H,3-4,7,9-12H2,1-2H3,(H,18,20). The van der Waals surface area contributed by atoms with Crippen molar-refractivity contribution < 1.29 is 14.3 Å². The van der Waals surface area contributed by atoms with Crippen molar-refractivity contribution in [3.63, 3.8) is 0 Å². The Morgan fingerprint density at radius 1 is 1.55 bits per heavy atom. The molecule has 1 saturated heterocycles. The Labute approximate surface area is 131 Å². The first-order chi connectivity index (χ1) is 10.7. The Hall–Kier alpha value is -1.82. The van der Waals surface area contributed by atoms with Crippen molar-refractivity contribution in [1.29, 1.82) is 0 Å². The molecule has 6 heteroatoms. The zero-order valence-corrected chi connectivity index (χ0v) is 13.4. The third-order valence-electron chi connectivity index (χ3n) is 3.73. The molecule has 0 saturated carbocycles. The maximum Gasteiger partial charge on any atom is 0.317 e. The fourth-order valence-corrected chi connectivity index (χ4v) is 2.50. The molecule has 1 aromatic rings. The van der Waals surface area contributed by atoms with E-state index in [1.807, 2.05) is 30.9 Å². The van der Waals surface area contributed by atoms with E-state index in [0.717, 1.165) is 31.7 Å². The van der Waals surface area contributed by atoms with Crippen LogP contribution < -0.4 is 10.1 Å². The zero-order chi connectivity index (χ0) is 15.8. The molecule has 1 aliphatic rings. The highest BCUT2D eigenvalue weighted by molar-refractivity contribution is 5.74. The summed E-state index contributed by atoms with van der Waals surface area (Å²) in [4.78, 5) is 18.3. The van der Waals surface area contributed by atoms with Crippen LogP contribution in [0.25, 0.3) is 0 Å². The van der Waals surface area contributed by atoms with Gasteiger partial charge in [0.1, 0.15) is 0 Å². The lowest BCUT2D eigenvalue weighted by Gasteiger charge is -2.24. The fourth-order valence-electron chi connectivity index (χ4n) is 2.50. The van der Waals surface area contributed by atoms with Crippen LogP contribution in [0.15, 0.2) is 18.3 Å². The average Bonchev–Trinajstić information content (AvgIpc) is 3.05. The van der Waals surface area contributed by atoms with Gasteiger partial charge in [0.15, 0.2) is 0 Å². The fraction of sp³-hybridized carbons (Fsp3) is 0.625. The highest BCUT2D eigenvalue weighted by atomic mass is 16.5. The third kappa shape index (κ3) is 4.59. The van der Waals surface area contributed by atoms with E-state index in [4.69, 9.17) is 9.47 Å². The van der Waals surface area contributed by atoms with Crippen molar-refractivity contribution in [2.75, 3.05) is 32.9 Å². The van der Waals surface area contributed by atoms with E-state index in [-0.39, 0.29) is 6.03 Å². The van der Waals surface area contributed by atoms with Gasteiger partial charge in [-0.3, -0.25) is 0 Å². The van der Waals surface area contributed by atoms with E-state index in [0.29, 0.717) is 31.5 Å². The van der Waals surface area contributed by atoms with Crippen LogP contribution in [0.4, 0.5) is 4.79 Å². The van der Waals surface area contributed by atoms with E-state index in [1.54, 1.807) is 6.20 Å². The number of hydrogen-bond acceptors (Lipinski definition) is 4.